The van der Waals surface area contributed by atoms with Gasteiger partial charge >= 0.3 is 0 Å². The second kappa shape index (κ2) is 9.23. The van der Waals surface area contributed by atoms with Crippen molar-refractivity contribution in [3.8, 4) is 5.75 Å². The van der Waals surface area contributed by atoms with Gasteiger partial charge in [0.25, 0.3) is 0 Å². The van der Waals surface area contributed by atoms with E-state index in [0.29, 0.717) is 24.1 Å². The topological polar surface area (TPSA) is 75.8 Å². The van der Waals surface area contributed by atoms with Crippen LogP contribution in [0.4, 0.5) is 0 Å². The molecule has 0 saturated heterocycles. The molecule has 0 spiro atoms. The molecule has 0 aliphatic heterocycles. The average Bonchev–Trinajstić information content (AvgIpc) is 3.07. The predicted octanol–water partition coefficient (Wildman–Crippen LogP) is 2.91. The molecule has 0 saturated carbocycles. The van der Waals surface area contributed by atoms with Crippen molar-refractivity contribution in [2.75, 3.05) is 13.1 Å². The lowest BCUT2D eigenvalue weighted by atomic mass is 10.3. The van der Waals surface area contributed by atoms with Crippen LogP contribution in [0.2, 0.25) is 5.02 Å². The smallest absolute Gasteiger partial charge is 0.191 e. The third kappa shape index (κ3) is 5.34. The zero-order chi connectivity index (χ0) is 19.1. The fraction of sp³-hybridized carbons (Fsp3) is 0.316. The number of ether oxygens (including phenoxy) is 1. The van der Waals surface area contributed by atoms with Crippen molar-refractivity contribution in [3.63, 3.8) is 0 Å². The lowest BCUT2D eigenvalue weighted by Gasteiger charge is -2.17. The molecule has 27 heavy (non-hydrogen) atoms. The fourth-order valence-electron chi connectivity index (χ4n) is 2.54. The summed E-state index contributed by atoms with van der Waals surface area (Å²) in [5.74, 6) is 2.23. The summed E-state index contributed by atoms with van der Waals surface area (Å²) in [4.78, 5) is 4.59. The number of nitrogens with one attached hydrogen (secondary N) is 2. The number of aliphatic imine (C=N–C) groups is 1. The highest BCUT2D eigenvalue weighted by Crippen LogP contribution is 2.18. The molecule has 0 amide bonds. The van der Waals surface area contributed by atoms with E-state index in [1.807, 2.05) is 60.8 Å². The number of halogens is 1. The molecule has 3 rings (SSSR count). The number of nitrogens with zero attached hydrogens (tertiary/aromatic N) is 4. The summed E-state index contributed by atoms with van der Waals surface area (Å²) in [5, 5.41) is 15.5. The summed E-state index contributed by atoms with van der Waals surface area (Å²) in [6, 6.07) is 13.2. The molecule has 0 bridgehead atoms. The maximum atomic E-state index is 5.99. The number of pyridine rings is 1. The lowest BCUT2D eigenvalue weighted by molar-refractivity contribution is 0.224. The minimum absolute atomic E-state index is 0.0544. The molecule has 0 aliphatic carbocycles. The highest BCUT2D eigenvalue weighted by molar-refractivity contribution is 6.30. The molecule has 2 N–H and O–H groups in total. The predicted molar refractivity (Wildman–Crippen MR) is 107 cm³/mol. The summed E-state index contributed by atoms with van der Waals surface area (Å²) >= 11 is 5.99. The van der Waals surface area contributed by atoms with Gasteiger partial charge in [0.05, 0.1) is 6.54 Å². The summed E-state index contributed by atoms with van der Waals surface area (Å²) in [7, 11) is 0. The van der Waals surface area contributed by atoms with Crippen LogP contribution in [0, 0.1) is 0 Å². The molecule has 7 nitrogen and oxygen atoms in total. The minimum atomic E-state index is -0.0544. The first kappa shape index (κ1) is 19.0. The third-order valence-electron chi connectivity index (χ3n) is 3.80. The Labute approximate surface area is 163 Å². The third-order valence-corrected chi connectivity index (χ3v) is 4.03. The zero-order valence-electron chi connectivity index (χ0n) is 15.4. The van der Waals surface area contributed by atoms with Crippen molar-refractivity contribution in [1.29, 1.82) is 0 Å². The summed E-state index contributed by atoms with van der Waals surface area (Å²) in [6.07, 6.45) is 1.88. The van der Waals surface area contributed by atoms with Crippen LogP contribution >= 0.6 is 11.6 Å². The maximum Gasteiger partial charge on any atom is 0.191 e. The normalized spacial score (nSPS) is 12.8. The SMILES string of the molecule is CCNC(=NCc1nnc2ccccn12)NCC(C)Oc1cccc(Cl)c1. The number of hydrogen-bond acceptors (Lipinski definition) is 4. The Balaban J connectivity index is 1.58. The molecule has 1 unspecified atom stereocenters. The van der Waals surface area contributed by atoms with Crippen molar-refractivity contribution in [2.24, 2.45) is 4.99 Å². The molecule has 0 radical (unpaired) electrons. The maximum absolute atomic E-state index is 5.99. The molecule has 1 atom stereocenters. The van der Waals surface area contributed by atoms with E-state index >= 15 is 0 Å². The quantitative estimate of drug-likeness (QED) is 0.482. The van der Waals surface area contributed by atoms with Gasteiger partial charge in [0.1, 0.15) is 18.4 Å². The minimum Gasteiger partial charge on any atom is -0.489 e. The van der Waals surface area contributed by atoms with Gasteiger partial charge in [-0.05, 0) is 44.2 Å². The number of guanidine groups is 1. The van der Waals surface area contributed by atoms with E-state index < -0.39 is 0 Å². The highest BCUT2D eigenvalue weighted by Gasteiger charge is 2.08. The number of hydrogen-bond donors (Lipinski definition) is 2. The Morgan fingerprint density at radius 2 is 2.11 bits per heavy atom. The van der Waals surface area contributed by atoms with Crippen LogP contribution in [0.15, 0.2) is 53.7 Å². The second-order valence-corrected chi connectivity index (χ2v) is 6.44. The monoisotopic (exact) mass is 386 g/mol. The zero-order valence-corrected chi connectivity index (χ0v) is 16.1. The van der Waals surface area contributed by atoms with E-state index in [4.69, 9.17) is 16.3 Å². The van der Waals surface area contributed by atoms with Crippen LogP contribution < -0.4 is 15.4 Å². The van der Waals surface area contributed by atoms with Gasteiger partial charge in [0, 0.05) is 17.8 Å². The fourth-order valence-corrected chi connectivity index (χ4v) is 2.73. The van der Waals surface area contributed by atoms with Crippen molar-refractivity contribution < 1.29 is 4.74 Å². The molecule has 2 heterocycles. The Bertz CT molecular complexity index is 910. The number of aromatic nitrogens is 3. The number of rotatable bonds is 7. The van der Waals surface area contributed by atoms with Crippen molar-refractivity contribution >= 4 is 23.2 Å². The van der Waals surface area contributed by atoms with Crippen LogP contribution in [-0.2, 0) is 6.54 Å². The Hall–Kier alpha value is -2.80. The standard InChI is InChI=1S/C19H23ClN6O/c1-3-21-19(22-12-14(2)27-16-8-6-7-15(20)11-16)23-13-18-25-24-17-9-4-5-10-26(17)18/h4-11,14H,3,12-13H2,1-2H3,(H2,21,22,23). The number of fused-ring (bicyclic) bond motifs is 1. The second-order valence-electron chi connectivity index (χ2n) is 6.01. The largest absolute Gasteiger partial charge is 0.489 e. The van der Waals surface area contributed by atoms with Gasteiger partial charge in [0.2, 0.25) is 0 Å². The lowest BCUT2D eigenvalue weighted by Crippen LogP contribution is -2.41. The van der Waals surface area contributed by atoms with Gasteiger partial charge in [-0.3, -0.25) is 4.40 Å². The number of benzene rings is 1. The Morgan fingerprint density at radius 1 is 1.22 bits per heavy atom. The van der Waals surface area contributed by atoms with E-state index in [9.17, 15) is 0 Å². The summed E-state index contributed by atoms with van der Waals surface area (Å²) in [5.41, 5.74) is 0.809. The summed E-state index contributed by atoms with van der Waals surface area (Å²) < 4.78 is 7.80. The molecule has 142 valence electrons. The molecule has 8 heteroatoms. The van der Waals surface area contributed by atoms with Gasteiger partial charge in [0.15, 0.2) is 17.4 Å². The van der Waals surface area contributed by atoms with Crippen molar-refractivity contribution in [2.45, 2.75) is 26.5 Å². The van der Waals surface area contributed by atoms with Gasteiger partial charge < -0.3 is 15.4 Å². The molecule has 0 aliphatic rings. The molecule has 0 fully saturated rings. The molecular formula is C19H23ClN6O. The van der Waals surface area contributed by atoms with E-state index in [1.54, 1.807) is 6.07 Å². The van der Waals surface area contributed by atoms with Gasteiger partial charge in [-0.15, -0.1) is 10.2 Å². The van der Waals surface area contributed by atoms with Gasteiger partial charge in [-0.2, -0.15) is 0 Å². The van der Waals surface area contributed by atoms with Crippen LogP contribution in [0.3, 0.4) is 0 Å². The van der Waals surface area contributed by atoms with Crippen LogP contribution in [-0.4, -0.2) is 39.8 Å². The van der Waals surface area contributed by atoms with Crippen molar-refractivity contribution in [3.05, 3.63) is 59.5 Å². The molecule has 2 aromatic heterocycles. The van der Waals surface area contributed by atoms with Crippen LogP contribution in [0.5, 0.6) is 5.75 Å². The Kier molecular flexibility index (Phi) is 6.49. The molecule has 3 aromatic rings. The van der Waals surface area contributed by atoms with E-state index in [-0.39, 0.29) is 6.10 Å². The highest BCUT2D eigenvalue weighted by atomic mass is 35.5. The average molecular weight is 387 g/mol. The first-order chi connectivity index (χ1) is 13.2. The summed E-state index contributed by atoms with van der Waals surface area (Å²) in [6.45, 7) is 5.79. The first-order valence-corrected chi connectivity index (χ1v) is 9.26. The Morgan fingerprint density at radius 3 is 2.93 bits per heavy atom. The molecule has 1 aromatic carbocycles. The first-order valence-electron chi connectivity index (χ1n) is 8.88. The van der Waals surface area contributed by atoms with Gasteiger partial charge in [-0.25, -0.2) is 4.99 Å². The van der Waals surface area contributed by atoms with E-state index in [2.05, 4.69) is 25.8 Å². The van der Waals surface area contributed by atoms with E-state index in [0.717, 1.165) is 23.8 Å². The van der Waals surface area contributed by atoms with Gasteiger partial charge in [-0.1, -0.05) is 23.7 Å². The van der Waals surface area contributed by atoms with Crippen molar-refractivity contribution in [1.82, 2.24) is 25.2 Å². The van der Waals surface area contributed by atoms with Crippen LogP contribution in [0.1, 0.15) is 19.7 Å². The molecular weight excluding hydrogens is 364 g/mol. The van der Waals surface area contributed by atoms with E-state index in [1.165, 1.54) is 0 Å². The van der Waals surface area contributed by atoms with Crippen LogP contribution in [0.25, 0.3) is 5.65 Å².